The molecule has 2 heteroatoms. The minimum Gasteiger partial charge on any atom is -0.494 e. The summed E-state index contributed by atoms with van der Waals surface area (Å²) in [5.41, 5.74) is 1.21. The van der Waals surface area contributed by atoms with Crippen LogP contribution in [-0.4, -0.2) is 13.2 Å². The largest absolute Gasteiger partial charge is 0.494 e. The second-order valence-electron chi connectivity index (χ2n) is 6.94. The SMILES string of the molecule is CCCCCCCCOc1ccc(NCC(CC)CCCC)cc1. The molecule has 2 nitrogen and oxygen atoms in total. The lowest BCUT2D eigenvalue weighted by Gasteiger charge is -2.16. The van der Waals surface area contributed by atoms with Gasteiger partial charge in [-0.2, -0.15) is 0 Å². The zero-order valence-corrected chi connectivity index (χ0v) is 16.3. The third-order valence-corrected chi connectivity index (χ3v) is 4.76. The molecule has 1 N–H and O–H groups in total. The first kappa shape index (κ1) is 20.9. The fraction of sp³-hybridized carbons (Fsp3) is 0.727. The Morgan fingerprint density at radius 2 is 1.50 bits per heavy atom. The van der Waals surface area contributed by atoms with Gasteiger partial charge in [-0.05, 0) is 43.0 Å². The average Bonchev–Trinajstić information content (AvgIpc) is 2.62. The van der Waals surface area contributed by atoms with Crippen LogP contribution >= 0.6 is 0 Å². The topological polar surface area (TPSA) is 21.3 Å². The standard InChI is InChI=1S/C22H39NO/c1-4-7-9-10-11-12-18-24-22-16-14-21(15-17-22)23-19-20(6-3)13-8-5-2/h14-17,20,23H,4-13,18-19H2,1-3H3. The molecule has 0 aromatic heterocycles. The molecule has 0 amide bonds. The predicted octanol–water partition coefficient (Wildman–Crippen LogP) is 7.05. The van der Waals surface area contributed by atoms with E-state index in [2.05, 4.69) is 50.4 Å². The number of rotatable bonds is 15. The molecule has 0 aliphatic rings. The number of hydrogen-bond donors (Lipinski definition) is 1. The molecule has 0 spiro atoms. The number of hydrogen-bond acceptors (Lipinski definition) is 2. The zero-order valence-electron chi connectivity index (χ0n) is 16.3. The van der Waals surface area contributed by atoms with Crippen molar-refractivity contribution in [3.05, 3.63) is 24.3 Å². The summed E-state index contributed by atoms with van der Waals surface area (Å²) < 4.78 is 5.84. The number of ether oxygens (including phenoxy) is 1. The zero-order chi connectivity index (χ0) is 17.5. The van der Waals surface area contributed by atoms with Crippen molar-refractivity contribution in [2.24, 2.45) is 5.92 Å². The van der Waals surface area contributed by atoms with Crippen LogP contribution in [0.5, 0.6) is 5.75 Å². The Morgan fingerprint density at radius 3 is 2.17 bits per heavy atom. The van der Waals surface area contributed by atoms with Crippen LogP contribution in [0.4, 0.5) is 5.69 Å². The summed E-state index contributed by atoms with van der Waals surface area (Å²) in [5.74, 6) is 1.78. The highest BCUT2D eigenvalue weighted by atomic mass is 16.5. The number of anilines is 1. The van der Waals surface area contributed by atoms with Gasteiger partial charge in [0.25, 0.3) is 0 Å². The summed E-state index contributed by atoms with van der Waals surface area (Å²) >= 11 is 0. The molecule has 0 heterocycles. The highest BCUT2D eigenvalue weighted by Gasteiger charge is 2.05. The third-order valence-electron chi connectivity index (χ3n) is 4.76. The predicted molar refractivity (Wildman–Crippen MR) is 107 cm³/mol. The highest BCUT2D eigenvalue weighted by Crippen LogP contribution is 2.18. The van der Waals surface area contributed by atoms with Gasteiger partial charge in [-0.15, -0.1) is 0 Å². The van der Waals surface area contributed by atoms with Crippen LogP contribution in [0.25, 0.3) is 0 Å². The normalized spacial score (nSPS) is 12.1. The summed E-state index contributed by atoms with van der Waals surface area (Å²) in [6, 6.07) is 8.46. The van der Waals surface area contributed by atoms with Gasteiger partial charge in [-0.25, -0.2) is 0 Å². The molecule has 0 aliphatic carbocycles. The van der Waals surface area contributed by atoms with E-state index in [0.717, 1.165) is 24.8 Å². The van der Waals surface area contributed by atoms with Crippen LogP contribution in [0, 0.1) is 5.92 Å². The molecule has 0 saturated heterocycles. The van der Waals surface area contributed by atoms with Crippen molar-refractivity contribution in [2.45, 2.75) is 85.0 Å². The van der Waals surface area contributed by atoms with E-state index in [-0.39, 0.29) is 0 Å². The summed E-state index contributed by atoms with van der Waals surface area (Å²) in [6.45, 7) is 8.74. The molecule has 1 aromatic carbocycles. The van der Waals surface area contributed by atoms with E-state index in [1.807, 2.05) is 0 Å². The molecule has 0 fully saturated rings. The van der Waals surface area contributed by atoms with E-state index in [1.165, 1.54) is 69.9 Å². The minimum absolute atomic E-state index is 0.786. The van der Waals surface area contributed by atoms with Crippen molar-refractivity contribution in [2.75, 3.05) is 18.5 Å². The van der Waals surface area contributed by atoms with E-state index in [9.17, 15) is 0 Å². The third kappa shape index (κ3) is 9.85. The number of unbranched alkanes of at least 4 members (excludes halogenated alkanes) is 6. The Kier molecular flexibility index (Phi) is 12.3. The molecular formula is C22H39NO. The first-order valence-electron chi connectivity index (χ1n) is 10.3. The minimum atomic E-state index is 0.786. The Morgan fingerprint density at radius 1 is 0.833 bits per heavy atom. The van der Waals surface area contributed by atoms with Crippen molar-refractivity contribution < 1.29 is 4.74 Å². The van der Waals surface area contributed by atoms with Crippen molar-refractivity contribution in [3.63, 3.8) is 0 Å². The molecule has 0 aliphatic heterocycles. The molecule has 1 unspecified atom stereocenters. The smallest absolute Gasteiger partial charge is 0.119 e. The molecule has 1 rings (SSSR count). The van der Waals surface area contributed by atoms with Gasteiger partial charge in [0.15, 0.2) is 0 Å². The van der Waals surface area contributed by atoms with E-state index in [0.29, 0.717) is 0 Å². The summed E-state index contributed by atoms with van der Waals surface area (Å²) in [4.78, 5) is 0. The first-order valence-corrected chi connectivity index (χ1v) is 10.3. The molecule has 1 aromatic rings. The summed E-state index contributed by atoms with van der Waals surface area (Å²) in [7, 11) is 0. The quantitative estimate of drug-likeness (QED) is 0.347. The van der Waals surface area contributed by atoms with Crippen molar-refractivity contribution >= 4 is 5.69 Å². The first-order chi connectivity index (χ1) is 11.8. The second kappa shape index (κ2) is 14.2. The van der Waals surface area contributed by atoms with E-state index in [4.69, 9.17) is 4.74 Å². The monoisotopic (exact) mass is 333 g/mol. The van der Waals surface area contributed by atoms with Crippen LogP contribution in [-0.2, 0) is 0 Å². The second-order valence-corrected chi connectivity index (χ2v) is 6.94. The van der Waals surface area contributed by atoms with Gasteiger partial charge in [0.05, 0.1) is 6.61 Å². The lowest BCUT2D eigenvalue weighted by molar-refractivity contribution is 0.304. The van der Waals surface area contributed by atoms with Gasteiger partial charge >= 0.3 is 0 Å². The lowest BCUT2D eigenvalue weighted by atomic mass is 9.99. The maximum Gasteiger partial charge on any atom is 0.119 e. The fourth-order valence-corrected chi connectivity index (χ4v) is 2.95. The van der Waals surface area contributed by atoms with Crippen molar-refractivity contribution in [3.8, 4) is 5.75 Å². The molecular weight excluding hydrogens is 294 g/mol. The van der Waals surface area contributed by atoms with Crippen LogP contribution in [0.2, 0.25) is 0 Å². The molecule has 24 heavy (non-hydrogen) atoms. The highest BCUT2D eigenvalue weighted by molar-refractivity contribution is 5.46. The molecule has 138 valence electrons. The average molecular weight is 334 g/mol. The van der Waals surface area contributed by atoms with Crippen molar-refractivity contribution in [1.82, 2.24) is 0 Å². The molecule has 1 atom stereocenters. The maximum atomic E-state index is 5.84. The molecule has 0 radical (unpaired) electrons. The van der Waals surface area contributed by atoms with Gasteiger partial charge in [-0.3, -0.25) is 0 Å². The van der Waals surface area contributed by atoms with Crippen molar-refractivity contribution in [1.29, 1.82) is 0 Å². The summed E-state index contributed by atoms with van der Waals surface area (Å²) in [5, 5.41) is 3.57. The van der Waals surface area contributed by atoms with Gasteiger partial charge < -0.3 is 10.1 Å². The summed E-state index contributed by atoms with van der Waals surface area (Å²) in [6.07, 6.45) is 13.1. The Balaban J connectivity index is 2.18. The number of nitrogens with one attached hydrogen (secondary N) is 1. The van der Waals surface area contributed by atoms with E-state index >= 15 is 0 Å². The van der Waals surface area contributed by atoms with Crippen LogP contribution < -0.4 is 10.1 Å². The van der Waals surface area contributed by atoms with Crippen LogP contribution in [0.3, 0.4) is 0 Å². The van der Waals surface area contributed by atoms with Gasteiger partial charge in [0.1, 0.15) is 5.75 Å². The Hall–Kier alpha value is -1.18. The van der Waals surface area contributed by atoms with Gasteiger partial charge in [0, 0.05) is 12.2 Å². The van der Waals surface area contributed by atoms with E-state index < -0.39 is 0 Å². The fourth-order valence-electron chi connectivity index (χ4n) is 2.95. The Labute approximate surface area is 150 Å². The maximum absolute atomic E-state index is 5.84. The molecule has 0 saturated carbocycles. The van der Waals surface area contributed by atoms with Gasteiger partial charge in [0.2, 0.25) is 0 Å². The van der Waals surface area contributed by atoms with Gasteiger partial charge in [-0.1, -0.05) is 72.1 Å². The Bertz CT molecular complexity index is 387. The lowest BCUT2D eigenvalue weighted by Crippen LogP contribution is -2.13. The number of benzene rings is 1. The van der Waals surface area contributed by atoms with E-state index in [1.54, 1.807) is 0 Å². The molecule has 0 bridgehead atoms. The van der Waals surface area contributed by atoms with Crippen LogP contribution in [0.1, 0.15) is 85.0 Å². The van der Waals surface area contributed by atoms with Crippen LogP contribution in [0.15, 0.2) is 24.3 Å².